The highest BCUT2D eigenvalue weighted by Crippen LogP contribution is 2.42. The lowest BCUT2D eigenvalue weighted by Gasteiger charge is -2.39. The van der Waals surface area contributed by atoms with Crippen LogP contribution in [0.2, 0.25) is 0 Å². The van der Waals surface area contributed by atoms with E-state index in [4.69, 9.17) is 9.47 Å². The maximum Gasteiger partial charge on any atom is 0.128 e. The molecule has 0 amide bonds. The topological polar surface area (TPSA) is 38.7 Å². The summed E-state index contributed by atoms with van der Waals surface area (Å²) in [6.07, 6.45) is 0.618. The smallest absolute Gasteiger partial charge is 0.128 e. The molecule has 0 bridgehead atoms. The maximum atomic E-state index is 11.0. The summed E-state index contributed by atoms with van der Waals surface area (Å²) in [5.74, 6) is 0.883. The van der Waals surface area contributed by atoms with E-state index in [1.807, 2.05) is 26.0 Å². The Hall–Kier alpha value is -1.06. The number of hydrogen-bond donors (Lipinski definition) is 1. The Balaban J connectivity index is 2.53. The van der Waals surface area contributed by atoms with Gasteiger partial charge in [0.1, 0.15) is 11.4 Å². The van der Waals surface area contributed by atoms with E-state index >= 15 is 0 Å². The van der Waals surface area contributed by atoms with Gasteiger partial charge in [0.25, 0.3) is 0 Å². The van der Waals surface area contributed by atoms with Crippen molar-refractivity contribution < 1.29 is 14.6 Å². The Labute approximate surface area is 109 Å². The third-order valence-electron chi connectivity index (χ3n) is 4.16. The minimum atomic E-state index is -0.845. The van der Waals surface area contributed by atoms with E-state index in [1.165, 1.54) is 5.56 Å². The van der Waals surface area contributed by atoms with Crippen LogP contribution in [0.25, 0.3) is 0 Å². The van der Waals surface area contributed by atoms with Gasteiger partial charge in [0.15, 0.2) is 0 Å². The van der Waals surface area contributed by atoms with Gasteiger partial charge in [-0.25, -0.2) is 0 Å². The number of aryl methyl sites for hydroxylation is 1. The van der Waals surface area contributed by atoms with Crippen LogP contribution in [0.1, 0.15) is 30.0 Å². The summed E-state index contributed by atoms with van der Waals surface area (Å²) in [5, 5.41) is 11.0. The van der Waals surface area contributed by atoms with Crippen molar-refractivity contribution in [3.63, 3.8) is 0 Å². The molecule has 0 spiro atoms. The lowest BCUT2D eigenvalue weighted by Crippen LogP contribution is -2.41. The summed E-state index contributed by atoms with van der Waals surface area (Å²) in [6, 6.07) is 4.04. The van der Waals surface area contributed by atoms with Crippen molar-refractivity contribution >= 4 is 0 Å². The van der Waals surface area contributed by atoms with Crippen molar-refractivity contribution in [3.8, 4) is 5.75 Å². The van der Waals surface area contributed by atoms with Crippen molar-refractivity contribution in [2.75, 3.05) is 20.3 Å². The van der Waals surface area contributed by atoms with E-state index < -0.39 is 5.60 Å². The largest absolute Gasteiger partial charge is 0.496 e. The molecule has 18 heavy (non-hydrogen) atoms. The summed E-state index contributed by atoms with van der Waals surface area (Å²) in [4.78, 5) is 0. The highest BCUT2D eigenvalue weighted by molar-refractivity contribution is 5.48. The molecule has 1 aromatic rings. The van der Waals surface area contributed by atoms with Gasteiger partial charge in [-0.15, -0.1) is 0 Å². The van der Waals surface area contributed by atoms with Gasteiger partial charge in [-0.05, 0) is 25.0 Å². The van der Waals surface area contributed by atoms with E-state index in [2.05, 4.69) is 6.92 Å². The average Bonchev–Trinajstić information content (AvgIpc) is 2.36. The first kappa shape index (κ1) is 13.4. The number of hydrogen-bond acceptors (Lipinski definition) is 3. The first-order chi connectivity index (χ1) is 8.50. The lowest BCUT2D eigenvalue weighted by molar-refractivity contribution is -0.112. The fourth-order valence-corrected chi connectivity index (χ4v) is 2.67. The molecule has 1 heterocycles. The standard InChI is InChI=1S/C15H22O3/c1-10-5-6-13(14(17-4)12(10)3)15(16)7-8-18-9-11(15)2/h5-6,11,16H,7-9H2,1-4H3. The second-order valence-electron chi connectivity index (χ2n) is 5.24. The fourth-order valence-electron chi connectivity index (χ4n) is 2.67. The molecule has 2 atom stereocenters. The second kappa shape index (κ2) is 4.90. The van der Waals surface area contributed by atoms with Crippen LogP contribution in [0.3, 0.4) is 0 Å². The maximum absolute atomic E-state index is 11.0. The van der Waals surface area contributed by atoms with Crippen molar-refractivity contribution in [1.29, 1.82) is 0 Å². The summed E-state index contributed by atoms with van der Waals surface area (Å²) >= 11 is 0. The van der Waals surface area contributed by atoms with Crippen LogP contribution in [-0.4, -0.2) is 25.4 Å². The zero-order valence-electron chi connectivity index (χ0n) is 11.6. The van der Waals surface area contributed by atoms with E-state index in [9.17, 15) is 5.11 Å². The molecule has 1 N–H and O–H groups in total. The molecular weight excluding hydrogens is 228 g/mol. The van der Waals surface area contributed by atoms with Gasteiger partial charge in [0.2, 0.25) is 0 Å². The minimum absolute atomic E-state index is 0.0715. The van der Waals surface area contributed by atoms with Gasteiger partial charge in [0.05, 0.1) is 13.7 Å². The van der Waals surface area contributed by atoms with Gasteiger partial charge in [0, 0.05) is 24.5 Å². The zero-order chi connectivity index (χ0) is 13.3. The Bertz CT molecular complexity index is 442. The van der Waals surface area contributed by atoms with E-state index in [1.54, 1.807) is 7.11 Å². The predicted molar refractivity (Wildman–Crippen MR) is 71.0 cm³/mol. The molecule has 3 heteroatoms. The fraction of sp³-hybridized carbons (Fsp3) is 0.600. The van der Waals surface area contributed by atoms with Gasteiger partial charge >= 0.3 is 0 Å². The van der Waals surface area contributed by atoms with Crippen LogP contribution in [0.4, 0.5) is 0 Å². The number of benzene rings is 1. The molecule has 1 aliphatic heterocycles. The van der Waals surface area contributed by atoms with Crippen LogP contribution in [-0.2, 0) is 10.3 Å². The Morgan fingerprint density at radius 3 is 2.72 bits per heavy atom. The van der Waals surface area contributed by atoms with E-state index in [-0.39, 0.29) is 5.92 Å². The summed E-state index contributed by atoms with van der Waals surface area (Å²) < 4.78 is 10.9. The van der Waals surface area contributed by atoms with Gasteiger partial charge in [-0.3, -0.25) is 0 Å². The third-order valence-corrected chi connectivity index (χ3v) is 4.16. The highest BCUT2D eigenvalue weighted by atomic mass is 16.5. The average molecular weight is 250 g/mol. The number of aliphatic hydroxyl groups is 1. The molecule has 0 saturated carbocycles. The first-order valence-corrected chi connectivity index (χ1v) is 6.45. The first-order valence-electron chi connectivity index (χ1n) is 6.45. The lowest BCUT2D eigenvalue weighted by atomic mass is 9.77. The van der Waals surface area contributed by atoms with Gasteiger partial charge in [-0.2, -0.15) is 0 Å². The van der Waals surface area contributed by atoms with Crippen molar-refractivity contribution in [1.82, 2.24) is 0 Å². The molecule has 2 rings (SSSR count). The Morgan fingerprint density at radius 2 is 2.11 bits per heavy atom. The van der Waals surface area contributed by atoms with Gasteiger partial charge < -0.3 is 14.6 Å². The molecule has 2 unspecified atom stereocenters. The van der Waals surface area contributed by atoms with Crippen molar-refractivity contribution in [2.24, 2.45) is 5.92 Å². The van der Waals surface area contributed by atoms with Crippen LogP contribution in [0.15, 0.2) is 12.1 Å². The highest BCUT2D eigenvalue weighted by Gasteiger charge is 2.40. The monoisotopic (exact) mass is 250 g/mol. The Kier molecular flexibility index (Phi) is 3.64. The van der Waals surface area contributed by atoms with Gasteiger partial charge in [-0.1, -0.05) is 19.1 Å². The molecule has 0 aromatic heterocycles. The number of ether oxygens (including phenoxy) is 2. The Morgan fingerprint density at radius 1 is 1.39 bits per heavy atom. The molecule has 3 nitrogen and oxygen atoms in total. The molecule has 0 aliphatic carbocycles. The van der Waals surface area contributed by atoms with Crippen LogP contribution in [0, 0.1) is 19.8 Å². The number of methoxy groups -OCH3 is 1. The molecule has 1 aliphatic rings. The SMILES string of the molecule is COc1c(C2(O)CCOCC2C)ccc(C)c1C. The molecule has 1 saturated heterocycles. The summed E-state index contributed by atoms with van der Waals surface area (Å²) in [7, 11) is 1.67. The summed E-state index contributed by atoms with van der Waals surface area (Å²) in [5.41, 5.74) is 2.33. The van der Waals surface area contributed by atoms with Crippen molar-refractivity contribution in [3.05, 3.63) is 28.8 Å². The normalized spacial score (nSPS) is 28.2. The predicted octanol–water partition coefficient (Wildman–Crippen LogP) is 2.56. The molecule has 1 aromatic carbocycles. The third kappa shape index (κ3) is 2.02. The van der Waals surface area contributed by atoms with E-state index in [0.29, 0.717) is 19.6 Å². The summed E-state index contributed by atoms with van der Waals surface area (Å²) in [6.45, 7) is 7.29. The quantitative estimate of drug-likeness (QED) is 0.876. The second-order valence-corrected chi connectivity index (χ2v) is 5.24. The van der Waals surface area contributed by atoms with Crippen molar-refractivity contribution in [2.45, 2.75) is 32.8 Å². The molecule has 0 radical (unpaired) electrons. The van der Waals surface area contributed by atoms with Crippen LogP contribution < -0.4 is 4.74 Å². The molecular formula is C15H22O3. The molecule has 100 valence electrons. The minimum Gasteiger partial charge on any atom is -0.496 e. The van der Waals surface area contributed by atoms with Crippen LogP contribution >= 0.6 is 0 Å². The van der Waals surface area contributed by atoms with E-state index in [0.717, 1.165) is 16.9 Å². The molecule has 1 fully saturated rings. The van der Waals surface area contributed by atoms with Crippen LogP contribution in [0.5, 0.6) is 5.75 Å². The zero-order valence-corrected chi connectivity index (χ0v) is 11.6. The number of rotatable bonds is 2.